The Morgan fingerprint density at radius 2 is 1.85 bits per heavy atom. The van der Waals surface area contributed by atoms with Gasteiger partial charge in [0.25, 0.3) is 0 Å². The molecule has 20 heavy (non-hydrogen) atoms. The summed E-state index contributed by atoms with van der Waals surface area (Å²) in [6.45, 7) is 7.61. The lowest BCUT2D eigenvalue weighted by Gasteiger charge is -2.35. The van der Waals surface area contributed by atoms with Crippen molar-refractivity contribution in [1.29, 1.82) is 0 Å². The topological polar surface area (TPSA) is 70.3 Å². The summed E-state index contributed by atoms with van der Waals surface area (Å²) in [6.07, 6.45) is 1.49. The first kappa shape index (κ1) is 15.7. The van der Waals surface area contributed by atoms with Crippen molar-refractivity contribution in [2.75, 3.05) is 26.1 Å². The van der Waals surface area contributed by atoms with Crippen LogP contribution in [0.15, 0.2) is 4.47 Å². The van der Waals surface area contributed by atoms with Crippen LogP contribution in [0.5, 0.6) is 0 Å². The molecule has 5 nitrogen and oxygen atoms in total. The Labute approximate surface area is 128 Å². The lowest BCUT2D eigenvalue weighted by atomic mass is 9.89. The number of anilines is 1. The monoisotopic (exact) mass is 343 g/mol. The number of ether oxygens (including phenoxy) is 2. The summed E-state index contributed by atoms with van der Waals surface area (Å²) >= 11 is 3.50. The SMILES string of the molecule is COC1(c2nc(N)c(Br)c(C(C)(C)C)n2)CCOCC1. The number of nitrogens with two attached hydrogens (primary N) is 1. The van der Waals surface area contributed by atoms with E-state index in [1.165, 1.54) is 0 Å². The van der Waals surface area contributed by atoms with Gasteiger partial charge in [-0.1, -0.05) is 20.8 Å². The van der Waals surface area contributed by atoms with Crippen LogP contribution in [0.2, 0.25) is 0 Å². The second-order valence-corrected chi connectivity index (χ2v) is 6.95. The standard InChI is InChI=1S/C14H22BrN3O2/c1-13(2,3)10-9(15)11(16)18-12(17-10)14(19-4)5-7-20-8-6-14/h5-8H2,1-4H3,(H2,16,17,18). The minimum atomic E-state index is -0.493. The Kier molecular flexibility index (Phi) is 4.37. The number of hydrogen-bond acceptors (Lipinski definition) is 5. The fourth-order valence-corrected chi connectivity index (χ4v) is 3.16. The molecule has 0 radical (unpaired) electrons. The lowest BCUT2D eigenvalue weighted by molar-refractivity contribution is -0.100. The Balaban J connectivity index is 2.54. The van der Waals surface area contributed by atoms with Gasteiger partial charge in [0, 0.05) is 38.6 Å². The summed E-state index contributed by atoms with van der Waals surface area (Å²) in [5.74, 6) is 1.12. The molecule has 0 aliphatic carbocycles. The quantitative estimate of drug-likeness (QED) is 0.893. The van der Waals surface area contributed by atoms with E-state index in [2.05, 4.69) is 41.7 Å². The van der Waals surface area contributed by atoms with Gasteiger partial charge in [-0.25, -0.2) is 9.97 Å². The zero-order valence-corrected chi connectivity index (χ0v) is 14.1. The van der Waals surface area contributed by atoms with Crippen molar-refractivity contribution in [1.82, 2.24) is 9.97 Å². The fourth-order valence-electron chi connectivity index (χ4n) is 2.39. The van der Waals surface area contributed by atoms with Gasteiger partial charge >= 0.3 is 0 Å². The third-order valence-electron chi connectivity index (χ3n) is 3.69. The molecular formula is C14H22BrN3O2. The molecule has 2 heterocycles. The molecule has 1 aliphatic rings. The molecule has 1 aliphatic heterocycles. The maximum atomic E-state index is 6.05. The fraction of sp³-hybridized carbons (Fsp3) is 0.714. The summed E-state index contributed by atoms with van der Waals surface area (Å²) in [6, 6.07) is 0. The van der Waals surface area contributed by atoms with Gasteiger partial charge in [0.1, 0.15) is 11.4 Å². The highest BCUT2D eigenvalue weighted by Gasteiger charge is 2.39. The predicted molar refractivity (Wildman–Crippen MR) is 81.6 cm³/mol. The summed E-state index contributed by atoms with van der Waals surface area (Å²) in [7, 11) is 1.70. The molecular weight excluding hydrogens is 322 g/mol. The normalized spacial score (nSPS) is 19.1. The van der Waals surface area contributed by atoms with Gasteiger partial charge in [0.15, 0.2) is 5.82 Å². The van der Waals surface area contributed by atoms with Crippen molar-refractivity contribution in [2.45, 2.75) is 44.6 Å². The molecule has 0 bridgehead atoms. The average molecular weight is 344 g/mol. The molecule has 1 aromatic heterocycles. The maximum absolute atomic E-state index is 6.05. The van der Waals surface area contributed by atoms with Gasteiger partial charge < -0.3 is 15.2 Å². The number of rotatable bonds is 2. The smallest absolute Gasteiger partial charge is 0.163 e. The highest BCUT2D eigenvalue weighted by Crippen LogP contribution is 2.37. The van der Waals surface area contributed by atoms with Crippen molar-refractivity contribution in [2.24, 2.45) is 0 Å². The van der Waals surface area contributed by atoms with E-state index in [4.69, 9.17) is 20.2 Å². The number of hydrogen-bond donors (Lipinski definition) is 1. The maximum Gasteiger partial charge on any atom is 0.163 e. The Morgan fingerprint density at radius 1 is 1.25 bits per heavy atom. The van der Waals surface area contributed by atoms with Gasteiger partial charge in [0.2, 0.25) is 0 Å². The zero-order chi connectivity index (χ0) is 15.0. The van der Waals surface area contributed by atoms with Crippen LogP contribution < -0.4 is 5.73 Å². The predicted octanol–water partition coefficient (Wildman–Crippen LogP) is 2.77. The molecule has 0 aromatic carbocycles. The van der Waals surface area contributed by atoms with Crippen molar-refractivity contribution in [3.8, 4) is 0 Å². The number of halogens is 1. The summed E-state index contributed by atoms with van der Waals surface area (Å²) in [5.41, 5.74) is 6.35. The molecule has 1 aromatic rings. The molecule has 0 unspecified atom stereocenters. The summed E-state index contributed by atoms with van der Waals surface area (Å²) in [5, 5.41) is 0. The number of nitrogen functional groups attached to an aromatic ring is 1. The summed E-state index contributed by atoms with van der Waals surface area (Å²) < 4.78 is 11.9. The lowest BCUT2D eigenvalue weighted by Crippen LogP contribution is -2.38. The largest absolute Gasteiger partial charge is 0.383 e. The minimum Gasteiger partial charge on any atom is -0.383 e. The third-order valence-corrected chi connectivity index (χ3v) is 4.47. The molecule has 0 saturated carbocycles. The van der Waals surface area contributed by atoms with Crippen LogP contribution in [0.3, 0.4) is 0 Å². The Bertz CT molecular complexity index is 494. The second-order valence-electron chi connectivity index (χ2n) is 6.16. The third kappa shape index (κ3) is 2.82. The van der Waals surface area contributed by atoms with E-state index in [0.29, 0.717) is 24.9 Å². The van der Waals surface area contributed by atoms with Gasteiger partial charge in [-0.15, -0.1) is 0 Å². The molecule has 112 valence electrons. The Morgan fingerprint density at radius 3 is 2.35 bits per heavy atom. The van der Waals surface area contributed by atoms with E-state index in [0.717, 1.165) is 23.0 Å². The van der Waals surface area contributed by atoms with Crippen molar-refractivity contribution in [3.05, 3.63) is 16.0 Å². The van der Waals surface area contributed by atoms with Gasteiger partial charge in [-0.3, -0.25) is 0 Å². The van der Waals surface area contributed by atoms with E-state index in [1.807, 2.05) is 0 Å². The van der Waals surface area contributed by atoms with Crippen molar-refractivity contribution >= 4 is 21.7 Å². The molecule has 0 spiro atoms. The zero-order valence-electron chi connectivity index (χ0n) is 12.5. The van der Waals surface area contributed by atoms with Crippen LogP contribution in [-0.2, 0) is 20.5 Å². The first-order valence-corrected chi connectivity index (χ1v) is 7.56. The van der Waals surface area contributed by atoms with Crippen molar-refractivity contribution in [3.63, 3.8) is 0 Å². The second kappa shape index (κ2) is 5.58. The molecule has 0 amide bonds. The van der Waals surface area contributed by atoms with Crippen LogP contribution in [0.4, 0.5) is 5.82 Å². The molecule has 2 rings (SSSR count). The first-order chi connectivity index (χ1) is 9.30. The highest BCUT2D eigenvalue weighted by molar-refractivity contribution is 9.10. The van der Waals surface area contributed by atoms with Crippen LogP contribution in [-0.4, -0.2) is 30.3 Å². The van der Waals surface area contributed by atoms with Gasteiger partial charge in [0.05, 0.1) is 10.2 Å². The summed E-state index contributed by atoms with van der Waals surface area (Å²) in [4.78, 5) is 9.21. The molecule has 1 fully saturated rings. The molecule has 2 N–H and O–H groups in total. The van der Waals surface area contributed by atoms with Gasteiger partial charge in [-0.05, 0) is 15.9 Å². The number of nitrogens with zero attached hydrogens (tertiary/aromatic N) is 2. The Hall–Kier alpha value is -0.720. The van der Waals surface area contributed by atoms with Gasteiger partial charge in [-0.2, -0.15) is 0 Å². The van der Waals surface area contributed by atoms with E-state index in [-0.39, 0.29) is 5.41 Å². The van der Waals surface area contributed by atoms with Crippen LogP contribution >= 0.6 is 15.9 Å². The van der Waals surface area contributed by atoms with Crippen LogP contribution in [0.1, 0.15) is 45.1 Å². The molecule has 6 heteroatoms. The highest BCUT2D eigenvalue weighted by atomic mass is 79.9. The van der Waals surface area contributed by atoms with E-state index < -0.39 is 5.60 Å². The van der Waals surface area contributed by atoms with Crippen LogP contribution in [0.25, 0.3) is 0 Å². The molecule has 1 saturated heterocycles. The molecule has 0 atom stereocenters. The minimum absolute atomic E-state index is 0.120. The van der Waals surface area contributed by atoms with Crippen molar-refractivity contribution < 1.29 is 9.47 Å². The van der Waals surface area contributed by atoms with Crippen LogP contribution in [0, 0.1) is 0 Å². The van der Waals surface area contributed by atoms with E-state index >= 15 is 0 Å². The van der Waals surface area contributed by atoms with E-state index in [1.54, 1.807) is 7.11 Å². The van der Waals surface area contributed by atoms with E-state index in [9.17, 15) is 0 Å². The first-order valence-electron chi connectivity index (χ1n) is 6.77. The number of methoxy groups -OCH3 is 1. The number of aromatic nitrogens is 2. The average Bonchev–Trinajstić information content (AvgIpc) is 2.41.